The fourth-order valence-electron chi connectivity index (χ4n) is 1.84. The molecule has 0 saturated carbocycles. The first-order valence-electron chi connectivity index (χ1n) is 6.59. The van der Waals surface area contributed by atoms with Crippen molar-refractivity contribution in [3.05, 3.63) is 68.7 Å². The fourth-order valence-corrected chi connectivity index (χ4v) is 2.32. The molecule has 0 spiro atoms. The molecule has 3 nitrogen and oxygen atoms in total. The van der Waals surface area contributed by atoms with Crippen LogP contribution in [0.5, 0.6) is 0 Å². The zero-order valence-corrected chi connectivity index (χ0v) is 14.0. The lowest BCUT2D eigenvalue weighted by Crippen LogP contribution is -2.20. The summed E-state index contributed by atoms with van der Waals surface area (Å²) in [5, 5.41) is 5.51. The van der Waals surface area contributed by atoms with Gasteiger partial charge in [-0.3, -0.25) is 4.79 Å². The topological polar surface area (TPSA) is 41.5 Å². The summed E-state index contributed by atoms with van der Waals surface area (Å²) in [6.45, 7) is 1.95. The van der Waals surface area contributed by atoms with Gasteiger partial charge < -0.3 is 0 Å². The number of amides is 1. The highest BCUT2D eigenvalue weighted by Gasteiger charge is 2.08. The summed E-state index contributed by atoms with van der Waals surface area (Å²) in [4.78, 5) is 12.1. The van der Waals surface area contributed by atoms with Crippen LogP contribution in [0.2, 0.25) is 15.1 Å². The monoisotopic (exact) mass is 354 g/mol. The Balaban J connectivity index is 2.17. The Labute approximate surface area is 143 Å². The van der Waals surface area contributed by atoms with Crippen LogP contribution in [0.4, 0.5) is 0 Å². The van der Waals surface area contributed by atoms with Gasteiger partial charge in [-0.25, -0.2) is 5.43 Å². The molecule has 0 atom stereocenters. The summed E-state index contributed by atoms with van der Waals surface area (Å²) in [5.41, 5.74) is 4.50. The zero-order chi connectivity index (χ0) is 16.1. The summed E-state index contributed by atoms with van der Waals surface area (Å²) < 4.78 is 0. The van der Waals surface area contributed by atoms with Gasteiger partial charge >= 0.3 is 0 Å². The molecule has 0 fully saturated rings. The van der Waals surface area contributed by atoms with Crippen molar-refractivity contribution in [1.29, 1.82) is 0 Å². The van der Waals surface area contributed by atoms with E-state index in [4.69, 9.17) is 34.8 Å². The van der Waals surface area contributed by atoms with E-state index in [1.165, 1.54) is 6.07 Å². The maximum Gasteiger partial charge on any atom is 0.271 e. The van der Waals surface area contributed by atoms with Gasteiger partial charge in [0.25, 0.3) is 5.91 Å². The summed E-state index contributed by atoms with van der Waals surface area (Å²) in [5.74, 6) is -0.355. The Bertz CT molecular complexity index is 729. The van der Waals surface area contributed by atoms with Gasteiger partial charge in [-0.15, -0.1) is 0 Å². The van der Waals surface area contributed by atoms with Crippen molar-refractivity contribution in [2.24, 2.45) is 5.10 Å². The third kappa shape index (κ3) is 4.23. The Kier molecular flexibility index (Phi) is 5.83. The largest absolute Gasteiger partial charge is 0.271 e. The molecule has 1 amide bonds. The molecule has 2 aromatic rings. The maximum absolute atomic E-state index is 12.1. The van der Waals surface area contributed by atoms with Crippen molar-refractivity contribution < 1.29 is 4.79 Å². The normalized spacial score (nSPS) is 11.4. The molecule has 0 bridgehead atoms. The second kappa shape index (κ2) is 7.63. The maximum atomic E-state index is 12.1. The van der Waals surface area contributed by atoms with Crippen molar-refractivity contribution in [3.63, 3.8) is 0 Å². The molecule has 0 aliphatic heterocycles. The second-order valence-corrected chi connectivity index (χ2v) is 5.74. The van der Waals surface area contributed by atoms with Gasteiger partial charge in [-0.05, 0) is 42.3 Å². The molecule has 0 aliphatic carbocycles. The molecule has 114 valence electrons. The van der Waals surface area contributed by atoms with Crippen LogP contribution >= 0.6 is 34.8 Å². The molecule has 2 aromatic carbocycles. The van der Waals surface area contributed by atoms with Gasteiger partial charge in [0.1, 0.15) is 0 Å². The minimum Gasteiger partial charge on any atom is -0.267 e. The Morgan fingerprint density at radius 1 is 1.05 bits per heavy atom. The van der Waals surface area contributed by atoms with Gasteiger partial charge in [0.05, 0.1) is 15.8 Å². The number of hydrogen-bond donors (Lipinski definition) is 1. The first-order chi connectivity index (χ1) is 10.5. The van der Waals surface area contributed by atoms with Crippen molar-refractivity contribution in [2.45, 2.75) is 13.3 Å². The van der Waals surface area contributed by atoms with E-state index in [1.807, 2.05) is 19.1 Å². The van der Waals surface area contributed by atoms with E-state index >= 15 is 0 Å². The number of rotatable bonds is 4. The van der Waals surface area contributed by atoms with Crippen LogP contribution in [-0.2, 0) is 0 Å². The third-order valence-electron chi connectivity index (χ3n) is 2.97. The number of carbonyl (C=O) groups is 1. The minimum atomic E-state index is -0.355. The summed E-state index contributed by atoms with van der Waals surface area (Å²) >= 11 is 17.7. The lowest BCUT2D eigenvalue weighted by molar-refractivity contribution is 0.0955. The predicted octanol–water partition coefficient (Wildman–Crippen LogP) is 5.19. The van der Waals surface area contributed by atoms with Gasteiger partial charge in [-0.2, -0.15) is 5.10 Å². The first-order valence-corrected chi connectivity index (χ1v) is 7.72. The van der Waals surface area contributed by atoms with Gasteiger partial charge in [0, 0.05) is 10.6 Å². The van der Waals surface area contributed by atoms with E-state index in [-0.39, 0.29) is 5.91 Å². The number of nitrogens with one attached hydrogen (secondary N) is 1. The van der Waals surface area contributed by atoms with Crippen molar-refractivity contribution in [2.75, 3.05) is 0 Å². The first kappa shape index (κ1) is 16.8. The standard InChI is InChI=1S/C16H13Cl3N2O/c1-2-15(10-4-3-5-12(17)8-10)20-21-16(22)11-6-7-13(18)14(19)9-11/h3-9H,2H2,1H3,(H,21,22). The molecule has 22 heavy (non-hydrogen) atoms. The molecule has 0 aliphatic rings. The quantitative estimate of drug-likeness (QED) is 0.595. The fraction of sp³-hybridized carbons (Fsp3) is 0.125. The number of benzene rings is 2. The highest BCUT2D eigenvalue weighted by molar-refractivity contribution is 6.42. The summed E-state index contributed by atoms with van der Waals surface area (Å²) in [6, 6.07) is 12.0. The highest BCUT2D eigenvalue weighted by Crippen LogP contribution is 2.22. The molecule has 0 heterocycles. The van der Waals surface area contributed by atoms with E-state index in [9.17, 15) is 4.79 Å². The number of carbonyl (C=O) groups excluding carboxylic acids is 1. The molecule has 0 unspecified atom stereocenters. The molecular weight excluding hydrogens is 343 g/mol. The highest BCUT2D eigenvalue weighted by atomic mass is 35.5. The Morgan fingerprint density at radius 3 is 2.45 bits per heavy atom. The lowest BCUT2D eigenvalue weighted by atomic mass is 10.1. The molecule has 2 rings (SSSR count). The van der Waals surface area contributed by atoms with E-state index in [1.54, 1.807) is 24.3 Å². The van der Waals surface area contributed by atoms with Crippen molar-refractivity contribution >= 4 is 46.4 Å². The second-order valence-electron chi connectivity index (χ2n) is 4.49. The summed E-state index contributed by atoms with van der Waals surface area (Å²) in [6.07, 6.45) is 0.655. The number of hydrazone groups is 1. The van der Waals surface area contributed by atoms with E-state index < -0.39 is 0 Å². The van der Waals surface area contributed by atoms with Crippen LogP contribution in [0, 0.1) is 0 Å². The van der Waals surface area contributed by atoms with Gasteiger partial charge in [-0.1, -0.05) is 53.9 Å². The Morgan fingerprint density at radius 2 is 1.82 bits per heavy atom. The van der Waals surface area contributed by atoms with Crippen LogP contribution in [0.1, 0.15) is 29.3 Å². The van der Waals surface area contributed by atoms with Gasteiger partial charge in [0.15, 0.2) is 0 Å². The van der Waals surface area contributed by atoms with Crippen LogP contribution in [0.3, 0.4) is 0 Å². The molecule has 0 radical (unpaired) electrons. The van der Waals surface area contributed by atoms with Gasteiger partial charge in [0.2, 0.25) is 0 Å². The smallest absolute Gasteiger partial charge is 0.267 e. The van der Waals surface area contributed by atoms with Crippen molar-refractivity contribution in [3.8, 4) is 0 Å². The van der Waals surface area contributed by atoms with E-state index in [0.29, 0.717) is 27.1 Å². The molecule has 0 aromatic heterocycles. The molecular formula is C16H13Cl3N2O. The van der Waals surface area contributed by atoms with Crippen LogP contribution < -0.4 is 5.43 Å². The van der Waals surface area contributed by atoms with E-state index in [2.05, 4.69) is 10.5 Å². The van der Waals surface area contributed by atoms with Crippen LogP contribution in [0.15, 0.2) is 47.6 Å². The Hall–Kier alpha value is -1.55. The zero-order valence-electron chi connectivity index (χ0n) is 11.7. The average molecular weight is 356 g/mol. The average Bonchev–Trinajstić information content (AvgIpc) is 2.50. The van der Waals surface area contributed by atoms with E-state index in [0.717, 1.165) is 11.3 Å². The molecule has 0 saturated heterocycles. The predicted molar refractivity (Wildman–Crippen MR) is 92.2 cm³/mol. The molecule has 1 N–H and O–H groups in total. The van der Waals surface area contributed by atoms with Crippen LogP contribution in [0.25, 0.3) is 0 Å². The number of hydrogen-bond acceptors (Lipinski definition) is 2. The number of halogens is 3. The summed E-state index contributed by atoms with van der Waals surface area (Å²) in [7, 11) is 0. The lowest BCUT2D eigenvalue weighted by Gasteiger charge is -2.06. The number of nitrogens with zero attached hydrogens (tertiary/aromatic N) is 1. The minimum absolute atomic E-state index is 0.323. The SMILES string of the molecule is CCC(=NNC(=O)c1ccc(Cl)c(Cl)c1)c1cccc(Cl)c1. The van der Waals surface area contributed by atoms with Crippen LogP contribution in [-0.4, -0.2) is 11.6 Å². The third-order valence-corrected chi connectivity index (χ3v) is 3.94. The van der Waals surface area contributed by atoms with Crippen molar-refractivity contribution in [1.82, 2.24) is 5.43 Å². The molecule has 6 heteroatoms.